The molecule has 0 unspecified atom stereocenters. The van der Waals surface area contributed by atoms with Crippen molar-refractivity contribution in [2.24, 2.45) is 0 Å². The van der Waals surface area contributed by atoms with E-state index in [9.17, 15) is 22.4 Å². The lowest BCUT2D eigenvalue weighted by atomic mass is 10.1. The summed E-state index contributed by atoms with van der Waals surface area (Å²) in [4.78, 5) is 17.1. The number of thiol groups is 1. The van der Waals surface area contributed by atoms with Crippen molar-refractivity contribution in [1.29, 1.82) is 0 Å². The van der Waals surface area contributed by atoms with Gasteiger partial charge >= 0.3 is 6.18 Å². The minimum absolute atomic E-state index is 0.00970. The van der Waals surface area contributed by atoms with Gasteiger partial charge in [-0.1, -0.05) is 19.9 Å². The summed E-state index contributed by atoms with van der Waals surface area (Å²) in [6.07, 6.45) is -3.57. The number of halogens is 4. The first kappa shape index (κ1) is 28.9. The van der Waals surface area contributed by atoms with E-state index in [-0.39, 0.29) is 18.1 Å². The Bertz CT molecular complexity index is 1160. The van der Waals surface area contributed by atoms with Crippen LogP contribution in [0.5, 0.6) is 17.4 Å². The van der Waals surface area contributed by atoms with Crippen LogP contribution in [0.25, 0.3) is 0 Å². The molecule has 0 fully saturated rings. The lowest BCUT2D eigenvalue weighted by Gasteiger charge is -2.16. The second kappa shape index (κ2) is 13.7. The largest absolute Gasteiger partial charge is 0.490 e. The summed E-state index contributed by atoms with van der Waals surface area (Å²) < 4.78 is 64.8. The van der Waals surface area contributed by atoms with Gasteiger partial charge in [-0.2, -0.15) is 13.2 Å². The molecule has 1 heterocycles. The molecule has 2 N–H and O–H groups in total. The number of hydrogen-bond donors (Lipinski definition) is 3. The predicted octanol–water partition coefficient (Wildman–Crippen LogP) is 6.59. The van der Waals surface area contributed by atoms with Gasteiger partial charge in [0.15, 0.2) is 11.5 Å². The van der Waals surface area contributed by atoms with Gasteiger partial charge < -0.3 is 20.1 Å². The Morgan fingerprint density at radius 3 is 2.50 bits per heavy atom. The maximum atomic E-state index is 13.8. The minimum atomic E-state index is -4.73. The van der Waals surface area contributed by atoms with Crippen LogP contribution >= 0.6 is 12.6 Å². The fraction of sp³-hybridized carbons (Fsp3) is 0.280. The highest BCUT2D eigenvalue weighted by Crippen LogP contribution is 2.36. The SMILES string of the molecule is CC.CNCCCOc1cc(F)ccc1Oc1ncc(C(F)(F)F)cc1C(=O)Nc1cccc(S)c1. The normalized spacial score (nSPS) is 10.8. The van der Waals surface area contributed by atoms with E-state index in [0.717, 1.165) is 12.1 Å². The number of amides is 1. The van der Waals surface area contributed by atoms with Gasteiger partial charge in [-0.15, -0.1) is 12.6 Å². The van der Waals surface area contributed by atoms with Crippen molar-refractivity contribution in [3.8, 4) is 17.4 Å². The van der Waals surface area contributed by atoms with Crippen LogP contribution in [0.15, 0.2) is 59.6 Å². The molecule has 0 aliphatic carbocycles. The highest BCUT2D eigenvalue weighted by molar-refractivity contribution is 7.80. The van der Waals surface area contributed by atoms with Gasteiger partial charge in [0.1, 0.15) is 11.4 Å². The molecule has 36 heavy (non-hydrogen) atoms. The molecule has 0 aliphatic rings. The number of anilines is 1. The Hall–Kier alpha value is -3.31. The molecule has 0 saturated heterocycles. The van der Waals surface area contributed by atoms with Gasteiger partial charge in [0.25, 0.3) is 5.91 Å². The summed E-state index contributed by atoms with van der Waals surface area (Å²) in [5, 5.41) is 5.45. The molecule has 6 nitrogen and oxygen atoms in total. The van der Waals surface area contributed by atoms with Crippen LogP contribution < -0.4 is 20.1 Å². The number of ether oxygens (including phenoxy) is 2. The highest BCUT2D eigenvalue weighted by Gasteiger charge is 2.33. The third-order valence-corrected chi connectivity index (χ3v) is 4.75. The van der Waals surface area contributed by atoms with E-state index in [1.165, 1.54) is 12.1 Å². The Morgan fingerprint density at radius 2 is 1.83 bits per heavy atom. The first-order chi connectivity index (χ1) is 17.2. The lowest BCUT2D eigenvalue weighted by molar-refractivity contribution is -0.137. The molecule has 1 aromatic heterocycles. The molecule has 2 aromatic carbocycles. The number of rotatable bonds is 9. The number of aromatic nitrogens is 1. The molecular formula is C25H27F4N3O3S. The second-order valence-electron chi connectivity index (χ2n) is 7.08. The number of benzene rings is 2. The van der Waals surface area contributed by atoms with E-state index < -0.39 is 34.9 Å². The fourth-order valence-corrected chi connectivity index (χ4v) is 3.07. The van der Waals surface area contributed by atoms with E-state index in [2.05, 4.69) is 28.2 Å². The average molecular weight is 526 g/mol. The van der Waals surface area contributed by atoms with Gasteiger partial charge in [0, 0.05) is 22.8 Å². The molecule has 194 valence electrons. The van der Waals surface area contributed by atoms with E-state index in [4.69, 9.17) is 9.47 Å². The van der Waals surface area contributed by atoms with E-state index >= 15 is 0 Å². The Balaban J connectivity index is 0.00000222. The summed E-state index contributed by atoms with van der Waals surface area (Å²) in [6.45, 7) is 4.89. The number of pyridine rings is 1. The van der Waals surface area contributed by atoms with Crippen molar-refractivity contribution in [3.05, 3.63) is 71.7 Å². The fourth-order valence-electron chi connectivity index (χ4n) is 2.85. The van der Waals surface area contributed by atoms with E-state index in [1.807, 2.05) is 13.8 Å². The Kier molecular flexibility index (Phi) is 11.0. The monoisotopic (exact) mass is 525 g/mol. The van der Waals surface area contributed by atoms with Crippen molar-refractivity contribution >= 4 is 24.2 Å². The van der Waals surface area contributed by atoms with Gasteiger partial charge in [-0.25, -0.2) is 9.37 Å². The second-order valence-corrected chi connectivity index (χ2v) is 7.59. The molecule has 0 aliphatic heterocycles. The first-order valence-corrected chi connectivity index (χ1v) is 11.5. The smallest absolute Gasteiger partial charge is 0.417 e. The standard InChI is InChI=1S/C23H21F4N3O3S.C2H6/c1-28-8-3-9-32-20-11-15(24)6-7-19(20)33-22-18(10-14(13-29-22)23(25,26)27)21(31)30-16-4-2-5-17(34)12-16;1-2/h2,4-7,10-13,28,34H,3,8-9H2,1H3,(H,30,31);1-2H3. The van der Waals surface area contributed by atoms with Crippen LogP contribution in [0, 0.1) is 5.82 Å². The first-order valence-electron chi connectivity index (χ1n) is 11.1. The van der Waals surface area contributed by atoms with Crippen LogP contribution in [-0.2, 0) is 6.18 Å². The maximum Gasteiger partial charge on any atom is 0.417 e. The molecule has 0 radical (unpaired) electrons. The number of nitrogens with one attached hydrogen (secondary N) is 2. The van der Waals surface area contributed by atoms with Crippen molar-refractivity contribution in [1.82, 2.24) is 10.3 Å². The van der Waals surface area contributed by atoms with Gasteiger partial charge in [0.2, 0.25) is 5.88 Å². The maximum absolute atomic E-state index is 13.8. The summed E-state index contributed by atoms with van der Waals surface area (Å²) >= 11 is 4.18. The van der Waals surface area contributed by atoms with Crippen molar-refractivity contribution in [2.45, 2.75) is 31.3 Å². The number of hydrogen-bond acceptors (Lipinski definition) is 6. The summed E-state index contributed by atoms with van der Waals surface area (Å²) in [5.74, 6) is -1.87. The van der Waals surface area contributed by atoms with Crippen molar-refractivity contribution in [3.63, 3.8) is 0 Å². The molecule has 11 heteroatoms. The molecular weight excluding hydrogens is 498 g/mol. The number of carbonyl (C=O) groups is 1. The lowest BCUT2D eigenvalue weighted by Crippen LogP contribution is -2.16. The quantitative estimate of drug-likeness (QED) is 0.167. The minimum Gasteiger partial charge on any atom is -0.490 e. The topological polar surface area (TPSA) is 72.5 Å². The van der Waals surface area contributed by atoms with Gasteiger partial charge in [-0.3, -0.25) is 4.79 Å². The Morgan fingerprint density at radius 1 is 1.08 bits per heavy atom. The summed E-state index contributed by atoms with van der Waals surface area (Å²) in [7, 11) is 1.77. The van der Waals surface area contributed by atoms with Crippen molar-refractivity contribution in [2.75, 3.05) is 25.5 Å². The van der Waals surface area contributed by atoms with Crippen molar-refractivity contribution < 1.29 is 31.8 Å². The molecule has 0 atom stereocenters. The predicted molar refractivity (Wildman–Crippen MR) is 133 cm³/mol. The van der Waals surface area contributed by atoms with Crippen LogP contribution in [0.2, 0.25) is 0 Å². The molecule has 3 aromatic rings. The zero-order valence-corrected chi connectivity index (χ0v) is 20.8. The molecule has 1 amide bonds. The Labute approximate surface area is 212 Å². The van der Waals surface area contributed by atoms with Crippen LogP contribution in [0.1, 0.15) is 36.2 Å². The summed E-state index contributed by atoms with van der Waals surface area (Å²) in [5.41, 5.74) is -1.28. The molecule has 0 bridgehead atoms. The third-order valence-electron chi connectivity index (χ3n) is 4.47. The summed E-state index contributed by atoms with van der Waals surface area (Å²) in [6, 6.07) is 10.4. The highest BCUT2D eigenvalue weighted by atomic mass is 32.1. The average Bonchev–Trinajstić information content (AvgIpc) is 2.84. The zero-order valence-electron chi connectivity index (χ0n) is 19.9. The number of nitrogens with zero attached hydrogens (tertiary/aromatic N) is 1. The molecule has 0 saturated carbocycles. The third kappa shape index (κ3) is 8.42. The van der Waals surface area contributed by atoms with Crippen LogP contribution in [0.3, 0.4) is 0 Å². The molecule has 3 rings (SSSR count). The number of alkyl halides is 3. The van der Waals surface area contributed by atoms with Gasteiger partial charge in [-0.05, 0) is 56.4 Å². The van der Waals surface area contributed by atoms with Crippen LogP contribution in [0.4, 0.5) is 23.2 Å². The molecule has 0 spiro atoms. The van der Waals surface area contributed by atoms with Crippen LogP contribution in [-0.4, -0.2) is 31.1 Å². The van der Waals surface area contributed by atoms with Gasteiger partial charge in [0.05, 0.1) is 12.2 Å². The van der Waals surface area contributed by atoms with E-state index in [1.54, 1.807) is 25.2 Å². The number of carbonyl (C=O) groups excluding carboxylic acids is 1. The van der Waals surface area contributed by atoms with E-state index in [0.29, 0.717) is 35.8 Å². The zero-order chi connectivity index (χ0) is 26.7.